The second-order valence-corrected chi connectivity index (χ2v) is 7.39. The van der Waals surface area contributed by atoms with Gasteiger partial charge in [0.05, 0.1) is 0 Å². The molecule has 0 radical (unpaired) electrons. The Morgan fingerprint density at radius 2 is 1.81 bits per heavy atom. The Kier molecular flexibility index (Phi) is 4.28. The molecule has 0 aliphatic heterocycles. The quantitative estimate of drug-likeness (QED) is 0.654. The molecule has 0 bridgehead atoms. The summed E-state index contributed by atoms with van der Waals surface area (Å²) in [5.74, 6) is -0.109. The van der Waals surface area contributed by atoms with Crippen molar-refractivity contribution in [1.29, 1.82) is 0 Å². The first-order valence-corrected chi connectivity index (χ1v) is 9.21. The smallest absolute Gasteiger partial charge is 0.291 e. The van der Waals surface area contributed by atoms with Crippen LogP contribution in [0.3, 0.4) is 0 Å². The SMILES string of the molecule is Cc1c(C(=O)Nc2ccc(C(=O)NC3CC3)cc2)oc2ccc(Br)cc12. The first kappa shape index (κ1) is 16.8. The highest BCUT2D eigenvalue weighted by molar-refractivity contribution is 9.10. The molecule has 0 spiro atoms. The molecule has 5 nitrogen and oxygen atoms in total. The highest BCUT2D eigenvalue weighted by Gasteiger charge is 2.23. The topological polar surface area (TPSA) is 71.3 Å². The molecule has 4 rings (SSSR count). The number of rotatable bonds is 4. The van der Waals surface area contributed by atoms with E-state index in [1.54, 1.807) is 24.3 Å². The second-order valence-electron chi connectivity index (χ2n) is 6.48. The van der Waals surface area contributed by atoms with Gasteiger partial charge in [-0.15, -0.1) is 0 Å². The summed E-state index contributed by atoms with van der Waals surface area (Å²) in [6.45, 7) is 1.86. The number of halogens is 1. The normalized spacial score (nSPS) is 13.6. The van der Waals surface area contributed by atoms with E-state index in [1.165, 1.54) is 0 Å². The monoisotopic (exact) mass is 412 g/mol. The Labute approximate surface area is 158 Å². The third-order valence-corrected chi connectivity index (χ3v) is 4.92. The number of carbonyl (C=O) groups excluding carboxylic acids is 2. The number of carbonyl (C=O) groups is 2. The van der Waals surface area contributed by atoms with Crippen molar-refractivity contribution < 1.29 is 14.0 Å². The van der Waals surface area contributed by atoms with Crippen LogP contribution in [0, 0.1) is 6.92 Å². The Bertz CT molecular complexity index is 1000. The van der Waals surface area contributed by atoms with Crippen LogP contribution in [-0.4, -0.2) is 17.9 Å². The fraction of sp³-hybridized carbons (Fsp3) is 0.200. The molecule has 0 unspecified atom stereocenters. The fourth-order valence-electron chi connectivity index (χ4n) is 2.80. The van der Waals surface area contributed by atoms with Crippen LogP contribution < -0.4 is 10.6 Å². The Morgan fingerprint density at radius 3 is 2.50 bits per heavy atom. The summed E-state index contributed by atoms with van der Waals surface area (Å²) in [5.41, 5.74) is 2.65. The lowest BCUT2D eigenvalue weighted by molar-refractivity contribution is 0.0950. The van der Waals surface area contributed by atoms with Crippen LogP contribution in [-0.2, 0) is 0 Å². The van der Waals surface area contributed by atoms with Gasteiger partial charge < -0.3 is 15.1 Å². The van der Waals surface area contributed by atoms with Gasteiger partial charge in [-0.3, -0.25) is 9.59 Å². The third-order valence-electron chi connectivity index (χ3n) is 4.42. The van der Waals surface area contributed by atoms with Crippen molar-refractivity contribution in [3.63, 3.8) is 0 Å². The van der Waals surface area contributed by atoms with E-state index in [-0.39, 0.29) is 17.6 Å². The van der Waals surface area contributed by atoms with Crippen molar-refractivity contribution in [2.45, 2.75) is 25.8 Å². The highest BCUT2D eigenvalue weighted by Crippen LogP contribution is 2.28. The molecule has 1 fully saturated rings. The molecular formula is C20H17BrN2O3. The van der Waals surface area contributed by atoms with Gasteiger partial charge in [-0.2, -0.15) is 0 Å². The predicted molar refractivity (Wildman–Crippen MR) is 104 cm³/mol. The standard InChI is InChI=1S/C20H17BrN2O3/c1-11-16-10-13(21)4-9-17(16)26-18(11)20(25)23-14-5-2-12(3-6-14)19(24)22-15-7-8-15/h2-6,9-10,15H,7-8H2,1H3,(H,22,24)(H,23,25). The van der Waals surface area contributed by atoms with E-state index in [0.717, 1.165) is 28.3 Å². The highest BCUT2D eigenvalue weighted by atomic mass is 79.9. The van der Waals surface area contributed by atoms with Gasteiger partial charge in [0.2, 0.25) is 0 Å². The molecule has 3 aromatic rings. The number of amides is 2. The first-order chi connectivity index (χ1) is 12.5. The van der Waals surface area contributed by atoms with Crippen LogP contribution in [0.25, 0.3) is 11.0 Å². The Morgan fingerprint density at radius 1 is 1.08 bits per heavy atom. The molecule has 1 aliphatic rings. The summed E-state index contributed by atoms with van der Waals surface area (Å²) in [6, 6.07) is 12.8. The number of aryl methyl sites for hydroxylation is 1. The molecule has 26 heavy (non-hydrogen) atoms. The number of nitrogens with one attached hydrogen (secondary N) is 2. The lowest BCUT2D eigenvalue weighted by atomic mass is 10.1. The molecule has 6 heteroatoms. The minimum absolute atomic E-state index is 0.0796. The van der Waals surface area contributed by atoms with Gasteiger partial charge >= 0.3 is 0 Å². The second kappa shape index (κ2) is 6.61. The molecule has 2 amide bonds. The van der Waals surface area contributed by atoms with Crippen molar-refractivity contribution in [2.75, 3.05) is 5.32 Å². The number of hydrogen-bond donors (Lipinski definition) is 2. The van der Waals surface area contributed by atoms with Crippen molar-refractivity contribution in [2.24, 2.45) is 0 Å². The average molecular weight is 413 g/mol. The van der Waals surface area contributed by atoms with Gasteiger partial charge in [-0.1, -0.05) is 15.9 Å². The van der Waals surface area contributed by atoms with Gasteiger partial charge in [-0.25, -0.2) is 0 Å². The van der Waals surface area contributed by atoms with Gasteiger partial charge in [0.15, 0.2) is 5.76 Å². The van der Waals surface area contributed by atoms with Crippen LogP contribution in [0.5, 0.6) is 0 Å². The van der Waals surface area contributed by atoms with E-state index in [9.17, 15) is 9.59 Å². The number of anilines is 1. The van der Waals surface area contributed by atoms with E-state index < -0.39 is 0 Å². The van der Waals surface area contributed by atoms with Crippen molar-refractivity contribution in [1.82, 2.24) is 5.32 Å². The van der Waals surface area contributed by atoms with Gasteiger partial charge in [0.25, 0.3) is 11.8 Å². The average Bonchev–Trinajstić information content (AvgIpc) is 3.38. The molecule has 0 saturated heterocycles. The van der Waals surface area contributed by atoms with Gasteiger partial charge in [0, 0.05) is 32.7 Å². The van der Waals surface area contributed by atoms with Gasteiger partial charge in [-0.05, 0) is 62.2 Å². The van der Waals surface area contributed by atoms with Crippen molar-refractivity contribution in [3.8, 4) is 0 Å². The number of benzene rings is 2. The molecule has 1 aliphatic carbocycles. The Hall–Kier alpha value is -2.60. The summed E-state index contributed by atoms with van der Waals surface area (Å²) in [5, 5.41) is 6.66. The number of hydrogen-bond acceptors (Lipinski definition) is 3. The molecule has 1 aromatic heterocycles. The minimum atomic E-state index is -0.315. The zero-order valence-corrected chi connectivity index (χ0v) is 15.7. The summed E-state index contributed by atoms with van der Waals surface area (Å²) in [7, 11) is 0. The summed E-state index contributed by atoms with van der Waals surface area (Å²) in [6.07, 6.45) is 2.10. The van der Waals surface area contributed by atoms with Crippen LogP contribution in [0.2, 0.25) is 0 Å². The molecule has 1 heterocycles. The van der Waals surface area contributed by atoms with Crippen LogP contribution in [0.4, 0.5) is 5.69 Å². The number of furan rings is 1. The van der Waals surface area contributed by atoms with E-state index in [4.69, 9.17) is 4.42 Å². The zero-order chi connectivity index (χ0) is 18.3. The van der Waals surface area contributed by atoms with E-state index in [2.05, 4.69) is 26.6 Å². The zero-order valence-electron chi connectivity index (χ0n) is 14.1. The lowest BCUT2D eigenvalue weighted by Crippen LogP contribution is -2.25. The van der Waals surface area contributed by atoms with Crippen LogP contribution >= 0.6 is 15.9 Å². The molecule has 1 saturated carbocycles. The lowest BCUT2D eigenvalue weighted by Gasteiger charge is -2.06. The van der Waals surface area contributed by atoms with Crippen LogP contribution in [0.15, 0.2) is 51.4 Å². The van der Waals surface area contributed by atoms with E-state index >= 15 is 0 Å². The summed E-state index contributed by atoms with van der Waals surface area (Å²) in [4.78, 5) is 24.6. The predicted octanol–water partition coefficient (Wildman–Crippen LogP) is 4.65. The minimum Gasteiger partial charge on any atom is -0.451 e. The third kappa shape index (κ3) is 3.37. The maximum atomic E-state index is 12.6. The van der Waals surface area contributed by atoms with Crippen molar-refractivity contribution in [3.05, 3.63) is 63.8 Å². The summed E-state index contributed by atoms with van der Waals surface area (Å²) >= 11 is 3.43. The largest absolute Gasteiger partial charge is 0.451 e. The van der Waals surface area contributed by atoms with Crippen LogP contribution in [0.1, 0.15) is 39.3 Å². The van der Waals surface area contributed by atoms with E-state index in [1.807, 2.05) is 25.1 Å². The molecule has 132 valence electrons. The Balaban J connectivity index is 1.51. The maximum absolute atomic E-state index is 12.6. The van der Waals surface area contributed by atoms with E-state index in [0.29, 0.717) is 22.9 Å². The fourth-order valence-corrected chi connectivity index (χ4v) is 3.16. The maximum Gasteiger partial charge on any atom is 0.291 e. The molecule has 0 atom stereocenters. The summed E-state index contributed by atoms with van der Waals surface area (Å²) < 4.78 is 6.63. The van der Waals surface area contributed by atoms with Crippen molar-refractivity contribution >= 4 is 44.4 Å². The molecule has 2 aromatic carbocycles. The van der Waals surface area contributed by atoms with Gasteiger partial charge in [0.1, 0.15) is 5.58 Å². The molecule has 2 N–H and O–H groups in total. The first-order valence-electron chi connectivity index (χ1n) is 8.42. The molecular weight excluding hydrogens is 396 g/mol. The number of fused-ring (bicyclic) bond motifs is 1.